The number of ether oxygens (including phenoxy) is 2. The van der Waals surface area contributed by atoms with E-state index in [4.69, 9.17) is 39.5 Å². The molecule has 0 N–H and O–H groups in total. The quantitative estimate of drug-likeness (QED) is 0.652. The van der Waals surface area contributed by atoms with Crippen molar-refractivity contribution in [3.05, 3.63) is 21.7 Å². The van der Waals surface area contributed by atoms with E-state index in [1.165, 1.54) is 6.07 Å². The van der Waals surface area contributed by atoms with Crippen LogP contribution in [-0.2, 0) is 5.88 Å². The van der Waals surface area contributed by atoms with Crippen molar-refractivity contribution in [2.45, 2.75) is 26.3 Å². The summed E-state index contributed by atoms with van der Waals surface area (Å²) < 4.78 is 34.8. The number of benzene rings is 1. The summed E-state index contributed by atoms with van der Waals surface area (Å²) in [5, 5.41) is 0.266. The van der Waals surface area contributed by atoms with Crippen LogP contribution in [-0.4, -0.2) is 13.2 Å². The van der Waals surface area contributed by atoms with Gasteiger partial charge in [-0.05, 0) is 5.92 Å². The van der Waals surface area contributed by atoms with E-state index >= 15 is 0 Å². The van der Waals surface area contributed by atoms with E-state index in [2.05, 4.69) is 4.74 Å². The van der Waals surface area contributed by atoms with Gasteiger partial charge in [0, 0.05) is 11.6 Å². The van der Waals surface area contributed by atoms with Gasteiger partial charge in [0.25, 0.3) is 0 Å². The molecule has 0 saturated carbocycles. The summed E-state index contributed by atoms with van der Waals surface area (Å²) in [5.74, 6) is 0.0480. The molecule has 0 atom stereocenters. The zero-order valence-electron chi connectivity index (χ0n) is 10.4. The number of hydrogen-bond acceptors (Lipinski definition) is 2. The van der Waals surface area contributed by atoms with Crippen molar-refractivity contribution in [2.24, 2.45) is 5.92 Å². The maximum Gasteiger partial charge on any atom is 0.387 e. The Hall–Kier alpha value is -0.450. The van der Waals surface area contributed by atoms with Gasteiger partial charge < -0.3 is 9.47 Å². The third kappa shape index (κ3) is 4.55. The van der Waals surface area contributed by atoms with Gasteiger partial charge in [-0.2, -0.15) is 8.78 Å². The molecule has 0 heterocycles. The van der Waals surface area contributed by atoms with Crippen LogP contribution in [0, 0.1) is 5.92 Å². The van der Waals surface area contributed by atoms with Crippen LogP contribution in [0.15, 0.2) is 6.07 Å². The Labute approximate surface area is 125 Å². The summed E-state index contributed by atoms with van der Waals surface area (Å²) in [6.45, 7) is 1.18. The molecule has 7 heteroatoms. The molecular formula is C12H13Cl3F2O2. The molecule has 0 aliphatic rings. The van der Waals surface area contributed by atoms with Crippen molar-refractivity contribution >= 4 is 34.8 Å². The first-order valence-electron chi connectivity index (χ1n) is 5.51. The van der Waals surface area contributed by atoms with Gasteiger partial charge in [0.1, 0.15) is 0 Å². The zero-order valence-corrected chi connectivity index (χ0v) is 12.6. The van der Waals surface area contributed by atoms with E-state index < -0.39 is 6.61 Å². The number of halogens is 5. The molecule has 0 radical (unpaired) electrons. The van der Waals surface area contributed by atoms with Gasteiger partial charge in [-0.3, -0.25) is 0 Å². The lowest BCUT2D eigenvalue weighted by atomic mass is 10.2. The Morgan fingerprint density at radius 1 is 1.26 bits per heavy atom. The van der Waals surface area contributed by atoms with Crippen molar-refractivity contribution in [1.29, 1.82) is 0 Å². The molecule has 1 aromatic rings. The van der Waals surface area contributed by atoms with Gasteiger partial charge in [0.05, 0.1) is 22.5 Å². The van der Waals surface area contributed by atoms with Gasteiger partial charge in [-0.1, -0.05) is 37.0 Å². The first-order chi connectivity index (χ1) is 8.86. The van der Waals surface area contributed by atoms with Gasteiger partial charge in [0.15, 0.2) is 11.5 Å². The lowest BCUT2D eigenvalue weighted by molar-refractivity contribution is -0.0520. The van der Waals surface area contributed by atoms with Crippen LogP contribution in [0.1, 0.15) is 19.4 Å². The minimum absolute atomic E-state index is 0.0872. The highest BCUT2D eigenvalue weighted by Gasteiger charge is 2.21. The third-order valence-corrected chi connectivity index (χ3v) is 3.24. The molecule has 1 rings (SSSR count). The minimum Gasteiger partial charge on any atom is -0.489 e. The SMILES string of the molecule is CC(C)COc1cc(Cl)c(Cl)c(CCl)c1OC(F)F. The van der Waals surface area contributed by atoms with Crippen LogP contribution < -0.4 is 9.47 Å². The van der Waals surface area contributed by atoms with Crippen LogP contribution in [0.5, 0.6) is 11.5 Å². The predicted molar refractivity (Wildman–Crippen MR) is 73.0 cm³/mol. The summed E-state index contributed by atoms with van der Waals surface area (Å²) in [5.41, 5.74) is 0.190. The van der Waals surface area contributed by atoms with Gasteiger partial charge in [0.2, 0.25) is 0 Å². The Balaban J connectivity index is 3.21. The topological polar surface area (TPSA) is 18.5 Å². The highest BCUT2D eigenvalue weighted by atomic mass is 35.5. The Morgan fingerprint density at radius 3 is 2.37 bits per heavy atom. The zero-order chi connectivity index (χ0) is 14.6. The van der Waals surface area contributed by atoms with E-state index in [-0.39, 0.29) is 38.9 Å². The lowest BCUT2D eigenvalue weighted by Crippen LogP contribution is -2.10. The number of hydrogen-bond donors (Lipinski definition) is 0. The molecule has 108 valence electrons. The van der Waals surface area contributed by atoms with Crippen LogP contribution in [0.4, 0.5) is 8.78 Å². The monoisotopic (exact) mass is 332 g/mol. The normalized spacial score (nSPS) is 11.2. The molecule has 0 saturated heterocycles. The number of rotatable bonds is 6. The summed E-state index contributed by atoms with van der Waals surface area (Å²) in [6.07, 6.45) is 0. The van der Waals surface area contributed by atoms with Crippen LogP contribution in [0.3, 0.4) is 0 Å². The van der Waals surface area contributed by atoms with Gasteiger partial charge >= 0.3 is 6.61 Å². The molecule has 1 aromatic carbocycles. The van der Waals surface area contributed by atoms with E-state index in [1.54, 1.807) is 0 Å². The second-order valence-electron chi connectivity index (χ2n) is 4.20. The number of alkyl halides is 3. The van der Waals surface area contributed by atoms with E-state index in [9.17, 15) is 8.78 Å². The summed E-state index contributed by atoms with van der Waals surface area (Å²) >= 11 is 17.5. The van der Waals surface area contributed by atoms with Crippen LogP contribution in [0.2, 0.25) is 10.0 Å². The summed E-state index contributed by atoms with van der Waals surface area (Å²) in [4.78, 5) is 0. The fourth-order valence-corrected chi connectivity index (χ4v) is 2.08. The smallest absolute Gasteiger partial charge is 0.387 e. The van der Waals surface area contributed by atoms with Gasteiger partial charge in [-0.25, -0.2) is 0 Å². The molecule has 19 heavy (non-hydrogen) atoms. The average molecular weight is 334 g/mol. The largest absolute Gasteiger partial charge is 0.489 e. The Bertz CT molecular complexity index is 439. The van der Waals surface area contributed by atoms with E-state index in [0.29, 0.717) is 6.61 Å². The van der Waals surface area contributed by atoms with Gasteiger partial charge in [-0.15, -0.1) is 11.6 Å². The fourth-order valence-electron chi connectivity index (χ4n) is 1.34. The molecule has 0 aromatic heterocycles. The Kier molecular flexibility index (Phi) is 6.43. The fraction of sp³-hybridized carbons (Fsp3) is 0.500. The second-order valence-corrected chi connectivity index (χ2v) is 5.25. The van der Waals surface area contributed by atoms with Crippen LogP contribution in [0.25, 0.3) is 0 Å². The standard InChI is InChI=1S/C12H13Cl3F2O2/c1-6(2)5-18-9-3-8(14)10(15)7(4-13)11(9)19-12(16)17/h3,6,12H,4-5H2,1-2H3. The summed E-state index contributed by atoms with van der Waals surface area (Å²) in [7, 11) is 0. The molecule has 2 nitrogen and oxygen atoms in total. The molecule has 0 fully saturated rings. The molecule has 0 aliphatic heterocycles. The molecule has 0 spiro atoms. The first-order valence-corrected chi connectivity index (χ1v) is 6.80. The molecule has 0 bridgehead atoms. The van der Waals surface area contributed by atoms with Crippen molar-refractivity contribution in [3.63, 3.8) is 0 Å². The first kappa shape index (κ1) is 16.6. The molecular weight excluding hydrogens is 320 g/mol. The van der Waals surface area contributed by atoms with E-state index in [0.717, 1.165) is 0 Å². The summed E-state index contributed by atoms with van der Waals surface area (Å²) in [6, 6.07) is 1.35. The molecule has 0 amide bonds. The van der Waals surface area contributed by atoms with Crippen LogP contribution >= 0.6 is 34.8 Å². The maximum absolute atomic E-state index is 12.5. The third-order valence-electron chi connectivity index (χ3n) is 2.14. The Morgan fingerprint density at radius 2 is 1.89 bits per heavy atom. The predicted octanol–water partition coefficient (Wildman–Crippen LogP) is 5.37. The second kappa shape index (κ2) is 7.36. The van der Waals surface area contributed by atoms with Crippen molar-refractivity contribution < 1.29 is 18.3 Å². The lowest BCUT2D eigenvalue weighted by Gasteiger charge is -2.18. The molecule has 0 unspecified atom stereocenters. The highest BCUT2D eigenvalue weighted by Crippen LogP contribution is 2.42. The van der Waals surface area contributed by atoms with Crippen molar-refractivity contribution in [2.75, 3.05) is 6.61 Å². The van der Waals surface area contributed by atoms with Crippen molar-refractivity contribution in [1.82, 2.24) is 0 Å². The average Bonchev–Trinajstić information content (AvgIpc) is 2.31. The molecule has 0 aliphatic carbocycles. The maximum atomic E-state index is 12.5. The van der Waals surface area contributed by atoms with E-state index in [1.807, 2.05) is 13.8 Å². The van der Waals surface area contributed by atoms with Crippen molar-refractivity contribution in [3.8, 4) is 11.5 Å². The highest BCUT2D eigenvalue weighted by molar-refractivity contribution is 6.43. The minimum atomic E-state index is -3.00.